The number of ether oxygens (including phenoxy) is 1. The first-order valence-corrected chi connectivity index (χ1v) is 9.63. The molecule has 138 valence electrons. The molecule has 0 aromatic heterocycles. The van der Waals surface area contributed by atoms with Crippen LogP contribution in [0.2, 0.25) is 0 Å². The monoisotopic (exact) mass is 391 g/mol. The van der Waals surface area contributed by atoms with Crippen LogP contribution in [-0.2, 0) is 20.9 Å². The Balaban J connectivity index is 2.10. The van der Waals surface area contributed by atoms with Crippen LogP contribution in [0, 0.1) is 13.8 Å². The van der Waals surface area contributed by atoms with Gasteiger partial charge in [0.25, 0.3) is 5.91 Å². The van der Waals surface area contributed by atoms with Gasteiger partial charge in [0.1, 0.15) is 17.7 Å². The molecule has 2 aromatic rings. The molecule has 1 atom stereocenters. The first-order chi connectivity index (χ1) is 12.4. The highest BCUT2D eigenvalue weighted by molar-refractivity contribution is 8.02. The van der Waals surface area contributed by atoms with Crippen LogP contribution in [0.1, 0.15) is 23.6 Å². The van der Waals surface area contributed by atoms with E-state index in [0.717, 1.165) is 34.3 Å². The lowest BCUT2D eigenvalue weighted by molar-refractivity contribution is -0.143. The smallest absolute Gasteiger partial charge is 0.320 e. The lowest BCUT2D eigenvalue weighted by Gasteiger charge is -2.26. The van der Waals surface area contributed by atoms with Crippen molar-refractivity contribution >= 4 is 41.1 Å². The van der Waals surface area contributed by atoms with Gasteiger partial charge in [0.05, 0.1) is 5.69 Å². The van der Waals surface area contributed by atoms with Crippen LogP contribution in [0.3, 0.4) is 0 Å². The molecule has 0 spiro atoms. The average molecular weight is 392 g/mol. The maximum absolute atomic E-state index is 12.4. The Kier molecular flexibility index (Phi) is 7.54. The summed E-state index contributed by atoms with van der Waals surface area (Å²) in [7, 11) is 0. The third-order valence-corrected chi connectivity index (χ3v) is 5.14. The van der Waals surface area contributed by atoms with E-state index >= 15 is 0 Å². The van der Waals surface area contributed by atoms with E-state index in [1.54, 1.807) is 6.92 Å². The number of hydrogen-bond donors (Lipinski definition) is 0. The van der Waals surface area contributed by atoms with E-state index in [4.69, 9.17) is 16.3 Å². The average Bonchev–Trinajstić information content (AvgIpc) is 2.65. The van der Waals surface area contributed by atoms with Crippen LogP contribution < -0.4 is 4.31 Å². The lowest BCUT2D eigenvalue weighted by Crippen LogP contribution is -2.31. The van der Waals surface area contributed by atoms with Crippen molar-refractivity contribution in [1.29, 1.82) is 0 Å². The number of carbonyl (C=O) groups excluding carboxylic acids is 2. The third-order valence-electron chi connectivity index (χ3n) is 3.80. The summed E-state index contributed by atoms with van der Waals surface area (Å²) in [6.45, 7) is 5.78. The standard InChI is InChI=1S/C20H22ClNO3S/c1-14-8-7-9-15(2)19(14)22(18(23)12-21)26-16(3)20(24)25-13-17-10-5-4-6-11-17/h4-11,16H,12-13H2,1-3H3. The van der Waals surface area contributed by atoms with Crippen LogP contribution in [0.5, 0.6) is 0 Å². The van der Waals surface area contributed by atoms with Crippen molar-refractivity contribution in [3.05, 3.63) is 65.2 Å². The van der Waals surface area contributed by atoms with Crippen molar-refractivity contribution in [2.75, 3.05) is 10.2 Å². The summed E-state index contributed by atoms with van der Waals surface area (Å²) in [5, 5.41) is -0.551. The zero-order valence-electron chi connectivity index (χ0n) is 15.1. The molecule has 4 nitrogen and oxygen atoms in total. The van der Waals surface area contributed by atoms with Crippen molar-refractivity contribution in [1.82, 2.24) is 0 Å². The van der Waals surface area contributed by atoms with Crippen molar-refractivity contribution in [3.63, 3.8) is 0 Å². The summed E-state index contributed by atoms with van der Waals surface area (Å²) < 4.78 is 6.88. The Hall–Kier alpha value is -1.98. The number of anilines is 1. The highest BCUT2D eigenvalue weighted by atomic mass is 35.5. The Morgan fingerprint density at radius 1 is 1.08 bits per heavy atom. The molecule has 0 fully saturated rings. The molecule has 0 aliphatic rings. The van der Waals surface area contributed by atoms with E-state index in [0.29, 0.717) is 0 Å². The van der Waals surface area contributed by atoms with Gasteiger partial charge in [-0.3, -0.25) is 13.9 Å². The fraction of sp³-hybridized carbons (Fsp3) is 0.300. The normalized spacial score (nSPS) is 11.7. The van der Waals surface area contributed by atoms with Gasteiger partial charge in [-0.15, -0.1) is 11.6 Å². The molecular weight excluding hydrogens is 370 g/mol. The molecule has 0 bridgehead atoms. The number of rotatable bonds is 7. The third kappa shape index (κ3) is 5.26. The van der Waals surface area contributed by atoms with Crippen molar-refractivity contribution in [2.45, 2.75) is 32.6 Å². The second-order valence-corrected chi connectivity index (χ2v) is 7.45. The second kappa shape index (κ2) is 9.64. The SMILES string of the molecule is Cc1cccc(C)c1N(SC(C)C(=O)OCc1ccccc1)C(=O)CCl. The van der Waals surface area contributed by atoms with E-state index in [1.807, 2.05) is 62.4 Å². The zero-order chi connectivity index (χ0) is 19.1. The molecule has 0 saturated heterocycles. The lowest BCUT2D eigenvalue weighted by atomic mass is 10.1. The van der Waals surface area contributed by atoms with Crippen LogP contribution in [0.4, 0.5) is 5.69 Å². The number of nitrogens with zero attached hydrogens (tertiary/aromatic N) is 1. The summed E-state index contributed by atoms with van der Waals surface area (Å²) in [5.74, 6) is -0.804. The number of para-hydroxylation sites is 1. The van der Waals surface area contributed by atoms with E-state index in [1.165, 1.54) is 4.31 Å². The van der Waals surface area contributed by atoms with Gasteiger partial charge in [-0.05, 0) is 49.4 Å². The molecule has 0 heterocycles. The maximum atomic E-state index is 12.4. The number of carbonyl (C=O) groups is 2. The predicted octanol–water partition coefficient (Wildman–Crippen LogP) is 4.66. The molecule has 0 N–H and O–H groups in total. The highest BCUT2D eigenvalue weighted by Gasteiger charge is 2.26. The maximum Gasteiger partial charge on any atom is 0.320 e. The number of alkyl halides is 1. The summed E-state index contributed by atoms with van der Waals surface area (Å²) in [6.07, 6.45) is 0. The zero-order valence-corrected chi connectivity index (χ0v) is 16.6. The van der Waals surface area contributed by atoms with Gasteiger partial charge in [0.2, 0.25) is 0 Å². The topological polar surface area (TPSA) is 46.6 Å². The minimum atomic E-state index is -0.551. The first-order valence-electron chi connectivity index (χ1n) is 8.26. The fourth-order valence-corrected chi connectivity index (χ4v) is 3.70. The molecule has 0 aliphatic heterocycles. The van der Waals surface area contributed by atoms with Gasteiger partial charge in [0.15, 0.2) is 0 Å². The van der Waals surface area contributed by atoms with Crippen molar-refractivity contribution in [3.8, 4) is 0 Å². The Morgan fingerprint density at radius 2 is 1.69 bits per heavy atom. The van der Waals surface area contributed by atoms with Crippen LogP contribution in [0.25, 0.3) is 0 Å². The Morgan fingerprint density at radius 3 is 2.27 bits per heavy atom. The molecule has 2 rings (SSSR count). The molecule has 1 unspecified atom stereocenters. The molecule has 0 saturated carbocycles. The largest absolute Gasteiger partial charge is 0.460 e. The second-order valence-electron chi connectivity index (χ2n) is 5.90. The van der Waals surface area contributed by atoms with Crippen molar-refractivity contribution < 1.29 is 14.3 Å². The minimum Gasteiger partial charge on any atom is -0.460 e. The molecule has 26 heavy (non-hydrogen) atoms. The van der Waals surface area contributed by atoms with E-state index in [9.17, 15) is 9.59 Å². The fourth-order valence-electron chi connectivity index (χ4n) is 2.46. The van der Waals surface area contributed by atoms with Crippen LogP contribution in [0.15, 0.2) is 48.5 Å². The predicted molar refractivity (Wildman–Crippen MR) is 107 cm³/mol. The molecule has 0 aliphatic carbocycles. The van der Waals surface area contributed by atoms with Gasteiger partial charge >= 0.3 is 5.97 Å². The van der Waals surface area contributed by atoms with Crippen LogP contribution >= 0.6 is 23.5 Å². The Bertz CT molecular complexity index is 747. The van der Waals surface area contributed by atoms with E-state index in [2.05, 4.69) is 0 Å². The molecule has 2 aromatic carbocycles. The van der Waals surface area contributed by atoms with Crippen LogP contribution in [-0.4, -0.2) is 23.0 Å². The Labute approximate surface area is 163 Å². The number of benzene rings is 2. The molecule has 6 heteroatoms. The summed E-state index contributed by atoms with van der Waals surface area (Å²) in [4.78, 5) is 24.7. The molecule has 0 radical (unpaired) electrons. The van der Waals surface area contributed by atoms with Gasteiger partial charge in [-0.25, -0.2) is 0 Å². The van der Waals surface area contributed by atoms with E-state index < -0.39 is 5.25 Å². The van der Waals surface area contributed by atoms with Crippen molar-refractivity contribution in [2.24, 2.45) is 0 Å². The minimum absolute atomic E-state index is 0.160. The summed E-state index contributed by atoms with van der Waals surface area (Å²) in [6, 6.07) is 15.3. The highest BCUT2D eigenvalue weighted by Crippen LogP contribution is 2.32. The number of esters is 1. The quantitative estimate of drug-likeness (QED) is 0.391. The number of aryl methyl sites for hydroxylation is 2. The van der Waals surface area contributed by atoms with Gasteiger partial charge < -0.3 is 4.74 Å². The first kappa shape index (κ1) is 20.3. The van der Waals surface area contributed by atoms with E-state index in [-0.39, 0.29) is 24.4 Å². The molecular formula is C20H22ClNO3S. The summed E-state index contributed by atoms with van der Waals surface area (Å²) >= 11 is 6.91. The number of halogens is 1. The molecule has 1 amide bonds. The number of hydrogen-bond acceptors (Lipinski definition) is 4. The van der Waals surface area contributed by atoms with Gasteiger partial charge in [-0.1, -0.05) is 48.5 Å². The summed E-state index contributed by atoms with van der Waals surface area (Å²) in [5.41, 5.74) is 3.58. The van der Waals surface area contributed by atoms with Gasteiger partial charge in [0, 0.05) is 0 Å². The van der Waals surface area contributed by atoms with Gasteiger partial charge in [-0.2, -0.15) is 0 Å². The number of amides is 1.